The summed E-state index contributed by atoms with van der Waals surface area (Å²) in [6, 6.07) is 14.1. The Morgan fingerprint density at radius 3 is 2.65 bits per heavy atom. The van der Waals surface area contributed by atoms with Gasteiger partial charge >= 0.3 is 6.18 Å². The van der Waals surface area contributed by atoms with Crippen LogP contribution in [0.2, 0.25) is 5.02 Å². The number of nitrogens with zero attached hydrogens (tertiary/aromatic N) is 5. The van der Waals surface area contributed by atoms with Gasteiger partial charge in [-0.2, -0.15) is 23.5 Å². The van der Waals surface area contributed by atoms with Crippen LogP contribution >= 0.6 is 11.6 Å². The molecule has 1 atom stereocenters. The summed E-state index contributed by atoms with van der Waals surface area (Å²) in [6.45, 7) is 3.46. The van der Waals surface area contributed by atoms with E-state index < -0.39 is 29.0 Å². The minimum absolute atomic E-state index is 0.100. The van der Waals surface area contributed by atoms with Gasteiger partial charge in [-0.25, -0.2) is 9.37 Å². The second-order valence-electron chi connectivity index (χ2n) is 12.0. The summed E-state index contributed by atoms with van der Waals surface area (Å²) in [5.41, 5.74) is 3.59. The lowest BCUT2D eigenvalue weighted by Crippen LogP contribution is -2.32. The lowest BCUT2D eigenvalue weighted by Gasteiger charge is -2.28. The number of ether oxygens (including phenoxy) is 2. The number of halogens is 5. The van der Waals surface area contributed by atoms with Crippen LogP contribution in [0.25, 0.3) is 17.0 Å². The predicted octanol–water partition coefficient (Wildman–Crippen LogP) is 7.46. The van der Waals surface area contributed by atoms with Gasteiger partial charge in [-0.05, 0) is 67.2 Å². The maximum Gasteiger partial charge on any atom is 0.451 e. The molecule has 0 unspecified atom stereocenters. The lowest BCUT2D eigenvalue weighted by molar-refractivity contribution is -0.144. The molecule has 2 aromatic carbocycles. The molecule has 2 aliphatic heterocycles. The van der Waals surface area contributed by atoms with E-state index in [1.807, 2.05) is 17.2 Å². The molecule has 3 aliphatic rings. The van der Waals surface area contributed by atoms with Crippen molar-refractivity contribution in [2.75, 3.05) is 13.1 Å². The summed E-state index contributed by atoms with van der Waals surface area (Å²) in [5, 5.41) is 15.7. The minimum atomic E-state index is -4.64. The van der Waals surface area contributed by atoms with Gasteiger partial charge in [0, 0.05) is 48.9 Å². The molecule has 1 saturated carbocycles. The van der Waals surface area contributed by atoms with E-state index in [1.165, 1.54) is 12.3 Å². The van der Waals surface area contributed by atoms with Gasteiger partial charge in [0.1, 0.15) is 5.82 Å². The third-order valence-electron chi connectivity index (χ3n) is 8.70. The van der Waals surface area contributed by atoms with Crippen molar-refractivity contribution in [3.63, 3.8) is 0 Å². The summed E-state index contributed by atoms with van der Waals surface area (Å²) in [6.07, 6.45) is 1.61. The Bertz CT molecular complexity index is 1910. The summed E-state index contributed by atoms with van der Waals surface area (Å²) < 4.78 is 66.5. The van der Waals surface area contributed by atoms with Gasteiger partial charge in [-0.1, -0.05) is 29.8 Å². The topological polar surface area (TPSA) is 100.0 Å². The average molecular weight is 651 g/mol. The van der Waals surface area contributed by atoms with Crippen LogP contribution in [0.1, 0.15) is 54.4 Å². The molecule has 0 spiro atoms. The van der Waals surface area contributed by atoms with E-state index in [0.29, 0.717) is 49.5 Å². The van der Waals surface area contributed by atoms with Crippen LogP contribution in [-0.2, 0) is 24.9 Å². The third-order valence-corrected chi connectivity index (χ3v) is 8.94. The number of fused-ring (bicyclic) bond motifs is 1. The second kappa shape index (κ2) is 11.1. The fraction of sp³-hybridized carbons (Fsp3) is 0.333. The molecule has 1 fully saturated rings. The third kappa shape index (κ3) is 5.69. The largest absolute Gasteiger partial charge is 0.451 e. The quantitative estimate of drug-likeness (QED) is 0.207. The molecule has 2 aromatic heterocycles. The highest BCUT2D eigenvalue weighted by molar-refractivity contribution is 6.30. The van der Waals surface area contributed by atoms with Crippen molar-refractivity contribution in [1.82, 2.24) is 25.1 Å². The van der Waals surface area contributed by atoms with Crippen molar-refractivity contribution in [2.24, 2.45) is 5.41 Å². The van der Waals surface area contributed by atoms with E-state index in [0.717, 1.165) is 35.2 Å². The van der Waals surface area contributed by atoms with Crippen LogP contribution in [0.4, 0.5) is 17.6 Å². The highest BCUT2D eigenvalue weighted by Crippen LogP contribution is 2.50. The number of alkyl halides is 3. The van der Waals surface area contributed by atoms with Gasteiger partial charge in [0.25, 0.3) is 5.79 Å². The Hall–Kier alpha value is -4.47. The molecule has 1 N–H and O–H groups in total. The summed E-state index contributed by atoms with van der Waals surface area (Å²) >= 11 is 5.95. The van der Waals surface area contributed by atoms with Crippen LogP contribution in [0, 0.1) is 22.6 Å². The molecule has 0 bridgehead atoms. The minimum Gasteiger partial charge on any atom is -0.444 e. The Balaban J connectivity index is 1.10. The predicted molar refractivity (Wildman–Crippen MR) is 160 cm³/mol. The normalized spacial score (nSPS) is 20.3. The van der Waals surface area contributed by atoms with Gasteiger partial charge in [-0.15, -0.1) is 0 Å². The maximum atomic E-state index is 14.8. The first-order valence-corrected chi connectivity index (χ1v) is 15.1. The number of hydrogen-bond donors (Lipinski definition) is 1. The first-order chi connectivity index (χ1) is 22.0. The molecule has 13 heteroatoms. The summed E-state index contributed by atoms with van der Waals surface area (Å²) in [4.78, 5) is 10.4. The van der Waals surface area contributed by atoms with Crippen LogP contribution in [0.15, 0.2) is 54.7 Å². The lowest BCUT2D eigenvalue weighted by atomic mass is 9.94. The number of benzene rings is 2. The number of pyridine rings is 1. The molecule has 8 nitrogen and oxygen atoms in total. The molecule has 7 rings (SSSR count). The zero-order chi connectivity index (χ0) is 32.3. The molecule has 236 valence electrons. The molecule has 1 aliphatic carbocycles. The highest BCUT2D eigenvalue weighted by atomic mass is 35.5. The number of H-pyrrole nitrogens is 1. The van der Waals surface area contributed by atoms with Crippen LogP contribution in [-0.4, -0.2) is 38.2 Å². The molecular weight excluding hydrogens is 624 g/mol. The molecule has 4 heterocycles. The standard InChI is InChI=1S/C33H27ClF4N6O2/c1-31(24-6-5-22(34)14-25(24)35)45-27-4-2-3-23(28(27)46-31)19-7-11-44(12-8-19)17-26-20(15-32(18-39)9-10-32)13-21(16-40-26)29-41-30(43-42-29)33(36,37)38/h2-7,13-14,16H,8-12,15,17H2,1H3,(H,41,42,43)/t31-/m1/s1. The fourth-order valence-corrected chi connectivity index (χ4v) is 6.14. The monoisotopic (exact) mass is 650 g/mol. The molecule has 0 saturated heterocycles. The summed E-state index contributed by atoms with van der Waals surface area (Å²) in [5.74, 6) is -2.09. The van der Waals surface area contributed by atoms with E-state index in [9.17, 15) is 22.8 Å². The van der Waals surface area contributed by atoms with E-state index in [-0.39, 0.29) is 16.4 Å². The molecule has 4 aromatic rings. The van der Waals surface area contributed by atoms with Crippen molar-refractivity contribution >= 4 is 17.2 Å². The van der Waals surface area contributed by atoms with Gasteiger partial charge in [-0.3, -0.25) is 15.0 Å². The smallest absolute Gasteiger partial charge is 0.444 e. The van der Waals surface area contributed by atoms with Crippen molar-refractivity contribution in [2.45, 2.75) is 51.1 Å². The molecule has 46 heavy (non-hydrogen) atoms. The SMILES string of the molecule is C[C@@]1(c2ccc(Cl)cc2F)Oc2cccc(C3=CCN(Cc4ncc(-c5n[nH]c(C(F)(F)F)n5)cc4CC4(C#N)CC4)CC3)c2O1. The Morgan fingerprint density at radius 2 is 1.98 bits per heavy atom. The Kier molecular flexibility index (Phi) is 7.29. The number of rotatable bonds is 7. The highest BCUT2D eigenvalue weighted by Gasteiger charge is 2.44. The first kappa shape index (κ1) is 30.2. The van der Waals surface area contributed by atoms with Gasteiger partial charge in [0.05, 0.1) is 22.7 Å². The van der Waals surface area contributed by atoms with Crippen molar-refractivity contribution in [1.29, 1.82) is 5.26 Å². The van der Waals surface area contributed by atoms with Gasteiger partial charge in [0.15, 0.2) is 17.3 Å². The van der Waals surface area contributed by atoms with E-state index in [1.54, 1.807) is 31.2 Å². The second-order valence-corrected chi connectivity index (χ2v) is 12.5. The molecule has 0 amide bonds. The summed E-state index contributed by atoms with van der Waals surface area (Å²) in [7, 11) is 0. The fourth-order valence-electron chi connectivity index (χ4n) is 5.98. The number of hydrogen-bond acceptors (Lipinski definition) is 7. The van der Waals surface area contributed by atoms with Crippen LogP contribution < -0.4 is 9.47 Å². The molecule has 0 radical (unpaired) electrons. The zero-order valence-corrected chi connectivity index (χ0v) is 25.3. The van der Waals surface area contributed by atoms with Crippen molar-refractivity contribution < 1.29 is 27.0 Å². The van der Waals surface area contributed by atoms with Crippen LogP contribution in [0.5, 0.6) is 11.5 Å². The first-order valence-electron chi connectivity index (χ1n) is 14.7. The zero-order valence-electron chi connectivity index (χ0n) is 24.6. The number of nitriles is 1. The molecular formula is C33H27ClF4N6O2. The number of para-hydroxylation sites is 1. The Labute approximate surface area is 266 Å². The Morgan fingerprint density at radius 1 is 1.15 bits per heavy atom. The van der Waals surface area contributed by atoms with Gasteiger partial charge < -0.3 is 9.47 Å². The number of aromatic amines is 1. The van der Waals surface area contributed by atoms with Gasteiger partial charge in [0.2, 0.25) is 5.82 Å². The van der Waals surface area contributed by atoms with Crippen LogP contribution in [0.3, 0.4) is 0 Å². The van der Waals surface area contributed by atoms with Crippen molar-refractivity contribution in [3.8, 4) is 29.0 Å². The number of nitrogens with one attached hydrogen (secondary N) is 1. The van der Waals surface area contributed by atoms with E-state index in [2.05, 4.69) is 32.1 Å². The average Bonchev–Trinajstić information content (AvgIpc) is 3.42. The van der Waals surface area contributed by atoms with E-state index >= 15 is 0 Å². The van der Waals surface area contributed by atoms with Crippen molar-refractivity contribution in [3.05, 3.63) is 93.8 Å². The number of aromatic nitrogens is 4. The maximum absolute atomic E-state index is 14.8. The van der Waals surface area contributed by atoms with E-state index in [4.69, 9.17) is 21.1 Å².